The molecule has 1 N–H and O–H groups in total. The summed E-state index contributed by atoms with van der Waals surface area (Å²) in [4.78, 5) is 25.1. The Balaban J connectivity index is 1.29. The van der Waals surface area contributed by atoms with E-state index in [9.17, 15) is 4.79 Å². The summed E-state index contributed by atoms with van der Waals surface area (Å²) in [7, 11) is 0. The van der Waals surface area contributed by atoms with Crippen molar-refractivity contribution in [2.45, 2.75) is 25.8 Å². The van der Waals surface area contributed by atoms with Crippen LogP contribution >= 0.6 is 0 Å². The van der Waals surface area contributed by atoms with E-state index in [-0.39, 0.29) is 5.91 Å². The van der Waals surface area contributed by atoms with E-state index in [1.807, 2.05) is 29.3 Å². The molecule has 1 saturated heterocycles. The largest absolute Gasteiger partial charge is 0.346 e. The average molecular weight is 386 g/mol. The van der Waals surface area contributed by atoms with Crippen LogP contribution in [0.1, 0.15) is 40.7 Å². The number of pyridine rings is 1. The van der Waals surface area contributed by atoms with Crippen molar-refractivity contribution in [3.05, 3.63) is 71.6 Å². The number of nitrogens with one attached hydrogen (secondary N) is 1. The van der Waals surface area contributed by atoms with E-state index in [1.54, 1.807) is 6.20 Å². The molecule has 0 bridgehead atoms. The Bertz CT molecular complexity index is 1060. The third-order valence-electron chi connectivity index (χ3n) is 6.07. The van der Waals surface area contributed by atoms with Crippen LogP contribution in [0.25, 0.3) is 16.6 Å². The summed E-state index contributed by atoms with van der Waals surface area (Å²) in [6.45, 7) is 4.67. The molecule has 2 aliphatic rings. The molecule has 0 aliphatic carbocycles. The van der Waals surface area contributed by atoms with Gasteiger partial charge in [0.15, 0.2) is 0 Å². The average Bonchev–Trinajstić information content (AvgIpc) is 3.43. The highest BCUT2D eigenvalue weighted by Gasteiger charge is 2.21. The van der Waals surface area contributed by atoms with E-state index < -0.39 is 0 Å². The van der Waals surface area contributed by atoms with Crippen molar-refractivity contribution in [3.63, 3.8) is 0 Å². The summed E-state index contributed by atoms with van der Waals surface area (Å²) < 4.78 is 0. The van der Waals surface area contributed by atoms with Gasteiger partial charge in [-0.15, -0.1) is 0 Å². The van der Waals surface area contributed by atoms with E-state index in [2.05, 4.69) is 39.1 Å². The SMILES string of the molecule is O=C(c1cccc(CN2CCCC2)c1)N1CC=C(c2c[nH]c3ncccc23)CC1. The Morgan fingerprint density at radius 1 is 1.10 bits per heavy atom. The van der Waals surface area contributed by atoms with Gasteiger partial charge in [-0.1, -0.05) is 18.2 Å². The molecule has 4 heterocycles. The van der Waals surface area contributed by atoms with Gasteiger partial charge in [-0.2, -0.15) is 0 Å². The Morgan fingerprint density at radius 3 is 2.83 bits per heavy atom. The monoisotopic (exact) mass is 386 g/mol. The molecule has 0 saturated carbocycles. The molecule has 5 rings (SSSR count). The Morgan fingerprint density at radius 2 is 2.00 bits per heavy atom. The zero-order valence-electron chi connectivity index (χ0n) is 16.6. The number of amides is 1. The van der Waals surface area contributed by atoms with E-state index in [1.165, 1.54) is 42.6 Å². The highest BCUT2D eigenvalue weighted by atomic mass is 16.2. The van der Waals surface area contributed by atoms with Gasteiger partial charge in [0.25, 0.3) is 5.91 Å². The number of benzene rings is 1. The lowest BCUT2D eigenvalue weighted by atomic mass is 9.99. The maximum absolute atomic E-state index is 13.1. The number of rotatable bonds is 4. The molecule has 29 heavy (non-hydrogen) atoms. The second kappa shape index (κ2) is 7.84. The molecule has 0 spiro atoms. The van der Waals surface area contributed by atoms with Crippen LogP contribution < -0.4 is 0 Å². The fourth-order valence-electron chi connectivity index (χ4n) is 4.50. The summed E-state index contributed by atoms with van der Waals surface area (Å²) in [5, 5.41) is 1.15. The molecular weight excluding hydrogens is 360 g/mol. The number of hydrogen-bond donors (Lipinski definition) is 1. The van der Waals surface area contributed by atoms with Gasteiger partial charge < -0.3 is 9.88 Å². The first-order valence-corrected chi connectivity index (χ1v) is 10.5. The molecule has 5 heteroatoms. The lowest BCUT2D eigenvalue weighted by Gasteiger charge is -2.27. The predicted octanol–water partition coefficient (Wildman–Crippen LogP) is 4.09. The van der Waals surface area contributed by atoms with Gasteiger partial charge in [-0.3, -0.25) is 9.69 Å². The van der Waals surface area contributed by atoms with E-state index >= 15 is 0 Å². The molecule has 5 nitrogen and oxygen atoms in total. The van der Waals surface area contributed by atoms with Gasteiger partial charge in [-0.25, -0.2) is 4.98 Å². The molecule has 2 aliphatic heterocycles. The molecule has 1 fully saturated rings. The zero-order valence-corrected chi connectivity index (χ0v) is 16.6. The third-order valence-corrected chi connectivity index (χ3v) is 6.07. The van der Waals surface area contributed by atoms with Gasteiger partial charge in [0.1, 0.15) is 5.65 Å². The van der Waals surface area contributed by atoms with E-state index in [4.69, 9.17) is 0 Å². The normalized spacial score (nSPS) is 17.7. The maximum Gasteiger partial charge on any atom is 0.254 e. The predicted molar refractivity (Wildman–Crippen MR) is 116 cm³/mol. The number of fused-ring (bicyclic) bond motifs is 1. The summed E-state index contributed by atoms with van der Waals surface area (Å²) in [5.74, 6) is 0.129. The van der Waals surface area contributed by atoms with E-state index in [0.29, 0.717) is 6.54 Å². The van der Waals surface area contributed by atoms with Crippen LogP contribution in [-0.4, -0.2) is 51.9 Å². The van der Waals surface area contributed by atoms with Crippen molar-refractivity contribution in [2.75, 3.05) is 26.2 Å². The van der Waals surface area contributed by atoms with Gasteiger partial charge in [0.2, 0.25) is 0 Å². The highest BCUT2D eigenvalue weighted by Crippen LogP contribution is 2.28. The van der Waals surface area contributed by atoms with Crippen LogP contribution in [0.2, 0.25) is 0 Å². The van der Waals surface area contributed by atoms with Crippen molar-refractivity contribution >= 4 is 22.5 Å². The highest BCUT2D eigenvalue weighted by molar-refractivity contribution is 5.96. The summed E-state index contributed by atoms with van der Waals surface area (Å²) in [5.41, 5.74) is 5.44. The summed E-state index contributed by atoms with van der Waals surface area (Å²) >= 11 is 0. The molecule has 0 unspecified atom stereocenters. The van der Waals surface area contributed by atoms with Crippen LogP contribution in [0.4, 0.5) is 0 Å². The zero-order chi connectivity index (χ0) is 19.6. The minimum Gasteiger partial charge on any atom is -0.346 e. The third kappa shape index (κ3) is 3.70. The molecule has 3 aromatic rings. The second-order valence-corrected chi connectivity index (χ2v) is 8.02. The molecule has 148 valence electrons. The van der Waals surface area contributed by atoms with Gasteiger partial charge in [0.05, 0.1) is 0 Å². The fourth-order valence-corrected chi connectivity index (χ4v) is 4.50. The fraction of sp³-hybridized carbons (Fsp3) is 0.333. The van der Waals surface area contributed by atoms with Crippen LogP contribution in [0, 0.1) is 0 Å². The number of carbonyl (C=O) groups is 1. The van der Waals surface area contributed by atoms with Gasteiger partial charge in [0, 0.05) is 48.5 Å². The summed E-state index contributed by atoms with van der Waals surface area (Å²) in [6, 6.07) is 12.2. The smallest absolute Gasteiger partial charge is 0.254 e. The Kier molecular flexibility index (Phi) is 4.90. The van der Waals surface area contributed by atoms with Gasteiger partial charge >= 0.3 is 0 Å². The number of carbonyl (C=O) groups excluding carboxylic acids is 1. The number of aromatic amines is 1. The minimum atomic E-state index is 0.129. The molecule has 0 atom stereocenters. The summed E-state index contributed by atoms with van der Waals surface area (Å²) in [6.07, 6.45) is 9.45. The molecule has 0 radical (unpaired) electrons. The van der Waals surface area contributed by atoms with Crippen LogP contribution in [-0.2, 0) is 6.54 Å². The van der Waals surface area contributed by atoms with Crippen LogP contribution in [0.5, 0.6) is 0 Å². The first kappa shape index (κ1) is 18.1. The van der Waals surface area contributed by atoms with Crippen molar-refractivity contribution in [1.82, 2.24) is 19.8 Å². The van der Waals surface area contributed by atoms with Crippen molar-refractivity contribution in [1.29, 1.82) is 0 Å². The van der Waals surface area contributed by atoms with Crippen LogP contribution in [0.3, 0.4) is 0 Å². The number of aromatic nitrogens is 2. The Hall–Kier alpha value is -2.92. The Labute approximate surface area is 171 Å². The number of nitrogens with zero attached hydrogens (tertiary/aromatic N) is 3. The topological polar surface area (TPSA) is 52.2 Å². The van der Waals surface area contributed by atoms with Crippen molar-refractivity contribution < 1.29 is 4.79 Å². The first-order valence-electron chi connectivity index (χ1n) is 10.5. The number of hydrogen-bond acceptors (Lipinski definition) is 3. The quantitative estimate of drug-likeness (QED) is 0.735. The second-order valence-electron chi connectivity index (χ2n) is 8.02. The van der Waals surface area contributed by atoms with Gasteiger partial charge in [-0.05, 0) is 67.8 Å². The minimum absolute atomic E-state index is 0.129. The molecule has 1 amide bonds. The maximum atomic E-state index is 13.1. The molecule has 2 aromatic heterocycles. The standard InChI is InChI=1S/C24H26N4O/c29-24(20-6-3-5-18(15-20)17-27-11-1-2-12-27)28-13-8-19(9-14-28)22-16-26-23-21(22)7-4-10-25-23/h3-8,10,15-16H,1-2,9,11-14,17H2,(H,25,26). The molecular formula is C24H26N4O. The number of H-pyrrole nitrogens is 1. The van der Waals surface area contributed by atoms with E-state index in [0.717, 1.165) is 36.1 Å². The number of likely N-dealkylation sites (tertiary alicyclic amines) is 1. The van der Waals surface area contributed by atoms with Crippen LogP contribution in [0.15, 0.2) is 54.9 Å². The lowest BCUT2D eigenvalue weighted by molar-refractivity contribution is 0.0772. The van der Waals surface area contributed by atoms with Crippen molar-refractivity contribution in [2.24, 2.45) is 0 Å². The van der Waals surface area contributed by atoms with Crippen molar-refractivity contribution in [3.8, 4) is 0 Å². The lowest BCUT2D eigenvalue weighted by Crippen LogP contribution is -2.34. The molecule has 1 aromatic carbocycles. The first-order chi connectivity index (χ1) is 14.3.